The minimum absolute atomic E-state index is 0.140. The molecule has 0 spiro atoms. The largest absolute Gasteiger partial charge is 0.497 e. The Labute approximate surface area is 141 Å². The second kappa shape index (κ2) is 7.13. The summed E-state index contributed by atoms with van der Waals surface area (Å²) in [5.74, 6) is 1.41. The van der Waals surface area contributed by atoms with Crippen LogP contribution in [0.2, 0.25) is 0 Å². The Hall–Kier alpha value is -2.88. The topological polar surface area (TPSA) is 50.7 Å². The van der Waals surface area contributed by atoms with E-state index in [9.17, 15) is 4.79 Å². The highest BCUT2D eigenvalue weighted by Gasteiger charge is 2.19. The summed E-state index contributed by atoms with van der Waals surface area (Å²) >= 11 is 0. The Balaban J connectivity index is 1.71. The first kappa shape index (κ1) is 16.0. The van der Waals surface area contributed by atoms with Gasteiger partial charge in [-0.15, -0.1) is 0 Å². The first-order chi connectivity index (χ1) is 11.7. The highest BCUT2D eigenvalue weighted by molar-refractivity contribution is 6.14. The predicted octanol–water partition coefficient (Wildman–Crippen LogP) is 3.51. The van der Waals surface area contributed by atoms with E-state index in [4.69, 9.17) is 4.74 Å². The maximum Gasteiger partial charge on any atom is 0.275 e. The number of nitrogens with one attached hydrogen (secondary N) is 1. The molecule has 0 atom stereocenters. The quantitative estimate of drug-likeness (QED) is 0.857. The molecule has 4 heteroatoms. The summed E-state index contributed by atoms with van der Waals surface area (Å²) < 4.78 is 5.23. The number of amides is 1. The van der Waals surface area contributed by atoms with Gasteiger partial charge in [-0.05, 0) is 48.2 Å². The predicted molar refractivity (Wildman–Crippen MR) is 96.0 cm³/mol. The summed E-state index contributed by atoms with van der Waals surface area (Å²) in [5, 5.41) is 2.85. The van der Waals surface area contributed by atoms with Crippen LogP contribution in [0.1, 0.15) is 23.1 Å². The zero-order chi connectivity index (χ0) is 16.9. The van der Waals surface area contributed by atoms with Crippen LogP contribution in [0.15, 0.2) is 59.2 Å². The molecule has 1 N–H and O–H groups in total. The van der Waals surface area contributed by atoms with Crippen LogP contribution in [0.3, 0.4) is 0 Å². The smallest absolute Gasteiger partial charge is 0.275 e. The van der Waals surface area contributed by atoms with Crippen molar-refractivity contribution in [2.75, 3.05) is 7.11 Å². The molecule has 0 unspecified atom stereocenters. The van der Waals surface area contributed by atoms with E-state index in [1.54, 1.807) is 7.11 Å². The summed E-state index contributed by atoms with van der Waals surface area (Å²) in [6.45, 7) is 2.02. The Morgan fingerprint density at radius 2 is 1.96 bits per heavy atom. The third kappa shape index (κ3) is 3.71. The van der Waals surface area contributed by atoms with Crippen molar-refractivity contribution in [3.05, 3.63) is 70.9 Å². The third-order valence-corrected chi connectivity index (χ3v) is 4.01. The molecule has 1 amide bonds. The lowest BCUT2D eigenvalue weighted by molar-refractivity contribution is -0.115. The summed E-state index contributed by atoms with van der Waals surface area (Å²) in [6.07, 6.45) is 3.32. The molecule has 4 nitrogen and oxygen atoms in total. The molecule has 0 saturated carbocycles. The Kier molecular flexibility index (Phi) is 4.75. The van der Waals surface area contributed by atoms with E-state index in [0.717, 1.165) is 28.9 Å². The monoisotopic (exact) mass is 320 g/mol. The molecule has 24 heavy (non-hydrogen) atoms. The number of nitrogens with zero attached hydrogens (tertiary/aromatic N) is 1. The fourth-order valence-corrected chi connectivity index (χ4v) is 2.62. The van der Waals surface area contributed by atoms with Crippen LogP contribution in [0.25, 0.3) is 6.08 Å². The van der Waals surface area contributed by atoms with Gasteiger partial charge in [0.2, 0.25) is 0 Å². The van der Waals surface area contributed by atoms with Crippen LogP contribution in [0.4, 0.5) is 0 Å². The fraction of sp³-hybridized carbons (Fsp3) is 0.200. The van der Waals surface area contributed by atoms with Crippen molar-refractivity contribution in [2.24, 2.45) is 4.99 Å². The molecule has 0 radical (unpaired) electrons. The second-order valence-corrected chi connectivity index (χ2v) is 5.75. The number of rotatable bonds is 5. The van der Waals surface area contributed by atoms with Crippen LogP contribution >= 0.6 is 0 Å². The number of hydrogen-bond acceptors (Lipinski definition) is 3. The molecule has 0 aliphatic carbocycles. The molecule has 0 saturated heterocycles. The Morgan fingerprint density at radius 3 is 2.75 bits per heavy atom. The van der Waals surface area contributed by atoms with E-state index >= 15 is 0 Å². The number of aryl methyl sites for hydroxylation is 2. The molecule has 2 aromatic rings. The van der Waals surface area contributed by atoms with Crippen LogP contribution in [0, 0.1) is 6.92 Å². The second-order valence-electron chi connectivity index (χ2n) is 5.75. The van der Waals surface area contributed by atoms with Crippen molar-refractivity contribution in [3.63, 3.8) is 0 Å². The SMILES string of the molecule is COc1cccc(CCC2=N/C(=C\c3ccccc3C)C(=O)N2)c1. The van der Waals surface area contributed by atoms with Crippen molar-refractivity contribution in [1.82, 2.24) is 5.32 Å². The van der Waals surface area contributed by atoms with Gasteiger partial charge in [0.1, 0.15) is 17.3 Å². The first-order valence-electron chi connectivity index (χ1n) is 7.95. The third-order valence-electron chi connectivity index (χ3n) is 4.01. The number of hydrogen-bond donors (Lipinski definition) is 1. The van der Waals surface area contributed by atoms with Crippen LogP contribution in [-0.2, 0) is 11.2 Å². The number of benzene rings is 2. The van der Waals surface area contributed by atoms with Crippen molar-refractivity contribution < 1.29 is 9.53 Å². The number of ether oxygens (including phenoxy) is 1. The van der Waals surface area contributed by atoms with Crippen molar-refractivity contribution >= 4 is 17.8 Å². The van der Waals surface area contributed by atoms with Gasteiger partial charge in [0.05, 0.1) is 7.11 Å². The van der Waals surface area contributed by atoms with E-state index in [1.165, 1.54) is 0 Å². The van der Waals surface area contributed by atoms with E-state index in [0.29, 0.717) is 18.0 Å². The van der Waals surface area contributed by atoms with E-state index < -0.39 is 0 Å². The van der Waals surface area contributed by atoms with Gasteiger partial charge in [-0.2, -0.15) is 0 Å². The lowest BCUT2D eigenvalue weighted by Crippen LogP contribution is -2.24. The lowest BCUT2D eigenvalue weighted by atomic mass is 10.1. The number of methoxy groups -OCH3 is 1. The number of carbonyl (C=O) groups excluding carboxylic acids is 1. The van der Waals surface area contributed by atoms with Crippen molar-refractivity contribution in [3.8, 4) is 5.75 Å². The molecule has 122 valence electrons. The molecular formula is C20H20N2O2. The Morgan fingerprint density at radius 1 is 1.12 bits per heavy atom. The van der Waals surface area contributed by atoms with Gasteiger partial charge >= 0.3 is 0 Å². The minimum atomic E-state index is -0.140. The van der Waals surface area contributed by atoms with Crippen LogP contribution in [-0.4, -0.2) is 18.9 Å². The van der Waals surface area contributed by atoms with Crippen LogP contribution < -0.4 is 10.1 Å². The minimum Gasteiger partial charge on any atom is -0.497 e. The first-order valence-corrected chi connectivity index (χ1v) is 7.95. The zero-order valence-corrected chi connectivity index (χ0v) is 13.9. The highest BCUT2D eigenvalue weighted by Crippen LogP contribution is 2.18. The maximum absolute atomic E-state index is 12.1. The van der Waals surface area contributed by atoms with E-state index in [2.05, 4.69) is 10.3 Å². The van der Waals surface area contributed by atoms with Crippen LogP contribution in [0.5, 0.6) is 5.75 Å². The molecule has 0 bridgehead atoms. The Bertz CT molecular complexity index is 822. The summed E-state index contributed by atoms with van der Waals surface area (Å²) in [7, 11) is 1.66. The van der Waals surface area contributed by atoms with E-state index in [-0.39, 0.29) is 5.91 Å². The van der Waals surface area contributed by atoms with E-state index in [1.807, 2.05) is 61.5 Å². The van der Waals surface area contributed by atoms with Crippen molar-refractivity contribution in [1.29, 1.82) is 0 Å². The standard InChI is InChI=1S/C20H20N2O2/c1-14-6-3-4-8-16(14)13-18-20(23)22-19(21-18)11-10-15-7-5-9-17(12-15)24-2/h3-9,12-13H,10-11H2,1-2H3,(H,21,22,23)/b18-13-. The molecule has 1 aliphatic rings. The molecular weight excluding hydrogens is 300 g/mol. The summed E-state index contributed by atoms with van der Waals surface area (Å²) in [6, 6.07) is 15.9. The summed E-state index contributed by atoms with van der Waals surface area (Å²) in [5.41, 5.74) is 3.76. The molecule has 0 fully saturated rings. The molecule has 1 heterocycles. The summed E-state index contributed by atoms with van der Waals surface area (Å²) in [4.78, 5) is 16.5. The van der Waals surface area contributed by atoms with Gasteiger partial charge in [0.15, 0.2) is 0 Å². The van der Waals surface area contributed by atoms with Gasteiger partial charge in [0, 0.05) is 6.42 Å². The molecule has 0 aromatic heterocycles. The maximum atomic E-state index is 12.1. The number of carbonyl (C=O) groups is 1. The number of amidine groups is 1. The van der Waals surface area contributed by atoms with Gasteiger partial charge < -0.3 is 10.1 Å². The molecule has 2 aromatic carbocycles. The average molecular weight is 320 g/mol. The van der Waals surface area contributed by atoms with Gasteiger partial charge in [-0.3, -0.25) is 4.79 Å². The zero-order valence-electron chi connectivity index (χ0n) is 13.9. The highest BCUT2D eigenvalue weighted by atomic mass is 16.5. The molecule has 1 aliphatic heterocycles. The fourth-order valence-electron chi connectivity index (χ4n) is 2.62. The van der Waals surface area contributed by atoms with Crippen molar-refractivity contribution in [2.45, 2.75) is 19.8 Å². The average Bonchev–Trinajstić information content (AvgIpc) is 2.95. The van der Waals surface area contributed by atoms with Gasteiger partial charge in [-0.25, -0.2) is 4.99 Å². The normalized spacial score (nSPS) is 15.3. The lowest BCUT2D eigenvalue weighted by Gasteiger charge is -2.04. The van der Waals surface area contributed by atoms with Gasteiger partial charge in [-0.1, -0.05) is 36.4 Å². The molecule has 3 rings (SSSR count). The number of aliphatic imine (C=N–C) groups is 1. The van der Waals surface area contributed by atoms with Gasteiger partial charge in [0.25, 0.3) is 5.91 Å².